The van der Waals surface area contributed by atoms with Crippen LogP contribution < -0.4 is 5.73 Å². The van der Waals surface area contributed by atoms with Crippen LogP contribution in [0.25, 0.3) is 11.4 Å². The van der Waals surface area contributed by atoms with E-state index < -0.39 is 0 Å². The summed E-state index contributed by atoms with van der Waals surface area (Å²) in [5, 5.41) is 12.4. The zero-order chi connectivity index (χ0) is 12.4. The van der Waals surface area contributed by atoms with Crippen LogP contribution in [0.15, 0.2) is 24.3 Å². The summed E-state index contributed by atoms with van der Waals surface area (Å²) in [7, 11) is 0. The van der Waals surface area contributed by atoms with Crippen LogP contribution in [0, 0.1) is 0 Å². The second-order valence-electron chi connectivity index (χ2n) is 4.44. The molecule has 0 saturated heterocycles. The van der Waals surface area contributed by atoms with Gasteiger partial charge in [0.05, 0.1) is 6.04 Å². The van der Waals surface area contributed by atoms with Gasteiger partial charge in [0, 0.05) is 11.6 Å². The Morgan fingerprint density at radius 1 is 1.12 bits per heavy atom. The van der Waals surface area contributed by atoms with Crippen molar-refractivity contribution >= 4 is 0 Å². The van der Waals surface area contributed by atoms with E-state index in [-0.39, 0.29) is 12.1 Å². The van der Waals surface area contributed by atoms with Crippen LogP contribution in [-0.2, 0) is 0 Å². The summed E-state index contributed by atoms with van der Waals surface area (Å²) in [6.07, 6.45) is 0. The molecular formula is C12H17N5. The van der Waals surface area contributed by atoms with Gasteiger partial charge in [-0.1, -0.05) is 24.3 Å². The maximum atomic E-state index is 5.80. The molecule has 90 valence electrons. The molecule has 0 amide bonds. The van der Waals surface area contributed by atoms with Gasteiger partial charge in [-0.25, -0.2) is 0 Å². The predicted octanol–water partition coefficient (Wildman–Crippen LogP) is 1.94. The van der Waals surface area contributed by atoms with Crippen LogP contribution in [0.4, 0.5) is 0 Å². The van der Waals surface area contributed by atoms with Gasteiger partial charge in [0.15, 0.2) is 0 Å². The molecule has 5 heteroatoms. The molecular weight excluding hydrogens is 214 g/mol. The molecule has 1 heterocycles. The van der Waals surface area contributed by atoms with Crippen molar-refractivity contribution in [3.05, 3.63) is 29.8 Å². The summed E-state index contributed by atoms with van der Waals surface area (Å²) in [6, 6.07) is 8.20. The van der Waals surface area contributed by atoms with Crippen LogP contribution >= 0.6 is 0 Å². The highest BCUT2D eigenvalue weighted by Gasteiger charge is 2.08. The van der Waals surface area contributed by atoms with E-state index in [1.165, 1.54) is 0 Å². The Hall–Kier alpha value is -1.75. The number of benzene rings is 1. The number of aromatic nitrogens is 4. The normalized spacial score (nSPS) is 13.0. The van der Waals surface area contributed by atoms with Crippen molar-refractivity contribution < 1.29 is 0 Å². The molecule has 5 nitrogen and oxygen atoms in total. The maximum Gasteiger partial charge on any atom is 0.204 e. The maximum absolute atomic E-state index is 5.80. The Balaban J connectivity index is 2.27. The second kappa shape index (κ2) is 4.63. The summed E-state index contributed by atoms with van der Waals surface area (Å²) in [5.41, 5.74) is 7.86. The van der Waals surface area contributed by atoms with E-state index in [0.29, 0.717) is 5.82 Å². The summed E-state index contributed by atoms with van der Waals surface area (Å²) >= 11 is 0. The van der Waals surface area contributed by atoms with E-state index in [4.69, 9.17) is 5.73 Å². The van der Waals surface area contributed by atoms with Gasteiger partial charge < -0.3 is 5.73 Å². The topological polar surface area (TPSA) is 69.6 Å². The Labute approximate surface area is 101 Å². The SMILES string of the molecule is CC(N)c1ccc(-c2nnn(C(C)C)n2)cc1. The molecule has 0 aliphatic heterocycles. The first-order chi connectivity index (χ1) is 8.08. The third-order valence-corrected chi connectivity index (χ3v) is 2.58. The van der Waals surface area contributed by atoms with E-state index in [2.05, 4.69) is 15.4 Å². The lowest BCUT2D eigenvalue weighted by atomic mass is 10.1. The molecule has 2 rings (SSSR count). The zero-order valence-electron chi connectivity index (χ0n) is 10.3. The van der Waals surface area contributed by atoms with Crippen molar-refractivity contribution in [1.82, 2.24) is 20.2 Å². The fourth-order valence-corrected chi connectivity index (χ4v) is 1.50. The lowest BCUT2D eigenvalue weighted by Gasteiger charge is -2.05. The number of rotatable bonds is 3. The highest BCUT2D eigenvalue weighted by atomic mass is 15.6. The van der Waals surface area contributed by atoms with Crippen LogP contribution in [0.3, 0.4) is 0 Å². The van der Waals surface area contributed by atoms with Crippen molar-refractivity contribution in [2.45, 2.75) is 32.9 Å². The monoisotopic (exact) mass is 231 g/mol. The molecule has 1 atom stereocenters. The van der Waals surface area contributed by atoms with Gasteiger partial charge in [0.1, 0.15) is 0 Å². The number of tetrazole rings is 1. The number of hydrogen-bond acceptors (Lipinski definition) is 4. The molecule has 0 saturated carbocycles. The van der Waals surface area contributed by atoms with Gasteiger partial charge in [-0.3, -0.25) is 0 Å². The Morgan fingerprint density at radius 3 is 2.24 bits per heavy atom. The molecule has 2 N–H and O–H groups in total. The second-order valence-corrected chi connectivity index (χ2v) is 4.44. The standard InChI is InChI=1S/C12H17N5/c1-8(2)17-15-12(14-16-17)11-6-4-10(5-7-11)9(3)13/h4-9H,13H2,1-3H3. The highest BCUT2D eigenvalue weighted by molar-refractivity contribution is 5.54. The predicted molar refractivity (Wildman–Crippen MR) is 66.2 cm³/mol. The number of nitrogens with two attached hydrogens (primary N) is 1. The van der Waals surface area contributed by atoms with E-state index in [1.54, 1.807) is 4.80 Å². The third-order valence-electron chi connectivity index (χ3n) is 2.58. The lowest BCUT2D eigenvalue weighted by molar-refractivity contribution is 0.455. The first kappa shape index (κ1) is 11.7. The van der Waals surface area contributed by atoms with E-state index in [1.807, 2.05) is 45.0 Å². The van der Waals surface area contributed by atoms with Gasteiger partial charge in [0.2, 0.25) is 5.82 Å². The van der Waals surface area contributed by atoms with E-state index in [9.17, 15) is 0 Å². The molecule has 0 aliphatic rings. The summed E-state index contributed by atoms with van der Waals surface area (Å²) < 4.78 is 0. The van der Waals surface area contributed by atoms with Gasteiger partial charge in [-0.15, -0.1) is 10.2 Å². The Bertz CT molecular complexity index is 484. The van der Waals surface area contributed by atoms with E-state index >= 15 is 0 Å². The summed E-state index contributed by atoms with van der Waals surface area (Å²) in [5.74, 6) is 0.648. The molecule has 2 aromatic rings. The quantitative estimate of drug-likeness (QED) is 0.876. The summed E-state index contributed by atoms with van der Waals surface area (Å²) in [4.78, 5) is 1.61. The molecule has 0 bridgehead atoms. The number of hydrogen-bond donors (Lipinski definition) is 1. The smallest absolute Gasteiger partial charge is 0.204 e. The summed E-state index contributed by atoms with van der Waals surface area (Å²) in [6.45, 7) is 6.00. The fourth-order valence-electron chi connectivity index (χ4n) is 1.50. The minimum atomic E-state index is 0.0448. The average molecular weight is 231 g/mol. The lowest BCUT2D eigenvalue weighted by Crippen LogP contribution is -2.05. The molecule has 1 aromatic carbocycles. The Morgan fingerprint density at radius 2 is 1.76 bits per heavy atom. The first-order valence-corrected chi connectivity index (χ1v) is 5.73. The van der Waals surface area contributed by atoms with Gasteiger partial charge in [-0.2, -0.15) is 4.80 Å². The largest absolute Gasteiger partial charge is 0.324 e. The van der Waals surface area contributed by atoms with Crippen LogP contribution in [0.2, 0.25) is 0 Å². The van der Waals surface area contributed by atoms with Crippen molar-refractivity contribution in [1.29, 1.82) is 0 Å². The zero-order valence-corrected chi connectivity index (χ0v) is 10.3. The fraction of sp³-hybridized carbons (Fsp3) is 0.417. The van der Waals surface area contributed by atoms with Gasteiger partial charge >= 0.3 is 0 Å². The minimum Gasteiger partial charge on any atom is -0.324 e. The molecule has 17 heavy (non-hydrogen) atoms. The molecule has 1 unspecified atom stereocenters. The van der Waals surface area contributed by atoms with Crippen LogP contribution in [-0.4, -0.2) is 20.2 Å². The van der Waals surface area contributed by atoms with E-state index in [0.717, 1.165) is 11.1 Å². The van der Waals surface area contributed by atoms with Crippen LogP contribution in [0.5, 0.6) is 0 Å². The number of nitrogens with zero attached hydrogens (tertiary/aromatic N) is 4. The van der Waals surface area contributed by atoms with Crippen molar-refractivity contribution in [3.8, 4) is 11.4 Å². The first-order valence-electron chi connectivity index (χ1n) is 5.73. The van der Waals surface area contributed by atoms with Gasteiger partial charge in [-0.05, 0) is 31.5 Å². The molecule has 0 radical (unpaired) electrons. The average Bonchev–Trinajstić information content (AvgIpc) is 2.78. The van der Waals surface area contributed by atoms with Crippen molar-refractivity contribution in [2.24, 2.45) is 5.73 Å². The molecule has 0 fully saturated rings. The molecule has 1 aromatic heterocycles. The van der Waals surface area contributed by atoms with Gasteiger partial charge in [0.25, 0.3) is 0 Å². The van der Waals surface area contributed by atoms with Crippen molar-refractivity contribution in [3.63, 3.8) is 0 Å². The Kier molecular flexibility index (Phi) is 3.19. The molecule has 0 spiro atoms. The molecule has 0 aliphatic carbocycles. The van der Waals surface area contributed by atoms with Crippen molar-refractivity contribution in [2.75, 3.05) is 0 Å². The van der Waals surface area contributed by atoms with Crippen LogP contribution in [0.1, 0.15) is 38.4 Å². The highest BCUT2D eigenvalue weighted by Crippen LogP contribution is 2.17. The minimum absolute atomic E-state index is 0.0448. The third kappa shape index (κ3) is 2.50.